The monoisotopic (exact) mass is 193 g/mol. The highest BCUT2D eigenvalue weighted by molar-refractivity contribution is 5.94. The van der Waals surface area contributed by atoms with Crippen molar-refractivity contribution in [3.63, 3.8) is 0 Å². The van der Waals surface area contributed by atoms with Gasteiger partial charge in [-0.15, -0.1) is 0 Å². The Hall–Kier alpha value is -1.51. The molecule has 0 aliphatic carbocycles. The summed E-state index contributed by atoms with van der Waals surface area (Å²) in [7, 11) is 0. The van der Waals surface area contributed by atoms with Crippen molar-refractivity contribution in [1.29, 1.82) is 0 Å². The minimum Gasteiger partial charge on any atom is -0.508 e. The van der Waals surface area contributed by atoms with E-state index in [0.717, 1.165) is 0 Å². The molecule has 1 amide bonds. The molecule has 3 nitrogen and oxygen atoms in total. The van der Waals surface area contributed by atoms with Crippen LogP contribution in [-0.2, 0) is 0 Å². The fourth-order valence-electron chi connectivity index (χ4n) is 1.03. The number of rotatable bonds is 1. The van der Waals surface area contributed by atoms with E-state index in [1.165, 1.54) is 12.1 Å². The quantitative estimate of drug-likeness (QED) is 0.715. The lowest BCUT2D eigenvalue weighted by Gasteiger charge is -2.20. The number of hydrogen-bond acceptors (Lipinski definition) is 2. The molecule has 1 aromatic rings. The Kier molecular flexibility index (Phi) is 2.79. The van der Waals surface area contributed by atoms with Crippen LogP contribution in [0.5, 0.6) is 5.75 Å². The molecule has 0 bridgehead atoms. The van der Waals surface area contributed by atoms with Crippen LogP contribution in [0.15, 0.2) is 24.3 Å². The minimum atomic E-state index is -0.241. The zero-order valence-corrected chi connectivity index (χ0v) is 8.66. The number of nitrogens with one attached hydrogen (secondary N) is 1. The van der Waals surface area contributed by atoms with Gasteiger partial charge in [0, 0.05) is 11.1 Å². The molecular formula is C11H15NO2. The summed E-state index contributed by atoms with van der Waals surface area (Å²) >= 11 is 0. The van der Waals surface area contributed by atoms with Gasteiger partial charge >= 0.3 is 0 Å². The number of hydrogen-bond donors (Lipinski definition) is 2. The van der Waals surface area contributed by atoms with Gasteiger partial charge in [-0.1, -0.05) is 0 Å². The van der Waals surface area contributed by atoms with Crippen LogP contribution in [0.1, 0.15) is 31.1 Å². The Labute approximate surface area is 83.8 Å². The SMILES string of the molecule is CC(C)(C)NC(=O)c1ccc(O)cc1. The maximum absolute atomic E-state index is 11.6. The Morgan fingerprint density at radius 2 is 1.71 bits per heavy atom. The molecule has 3 heteroatoms. The van der Waals surface area contributed by atoms with Crippen LogP contribution in [0.3, 0.4) is 0 Å². The van der Waals surface area contributed by atoms with Crippen molar-refractivity contribution in [2.45, 2.75) is 26.3 Å². The van der Waals surface area contributed by atoms with Crippen molar-refractivity contribution in [2.24, 2.45) is 0 Å². The zero-order chi connectivity index (χ0) is 10.8. The molecule has 1 rings (SSSR count). The number of aromatic hydroxyl groups is 1. The van der Waals surface area contributed by atoms with Gasteiger partial charge in [0.1, 0.15) is 5.75 Å². The molecule has 0 spiro atoms. The summed E-state index contributed by atoms with van der Waals surface area (Å²) in [6.45, 7) is 5.77. The van der Waals surface area contributed by atoms with Crippen LogP contribution < -0.4 is 5.32 Å². The summed E-state index contributed by atoms with van der Waals surface area (Å²) in [5.41, 5.74) is 0.312. The summed E-state index contributed by atoms with van der Waals surface area (Å²) < 4.78 is 0. The van der Waals surface area contributed by atoms with Gasteiger partial charge in [-0.25, -0.2) is 0 Å². The first-order chi connectivity index (χ1) is 6.38. The smallest absolute Gasteiger partial charge is 0.251 e. The molecule has 0 saturated heterocycles. The van der Waals surface area contributed by atoms with E-state index in [1.807, 2.05) is 20.8 Å². The predicted octanol–water partition coefficient (Wildman–Crippen LogP) is 1.92. The van der Waals surface area contributed by atoms with Gasteiger partial charge in [0.05, 0.1) is 0 Å². The third-order valence-corrected chi connectivity index (χ3v) is 1.62. The van der Waals surface area contributed by atoms with E-state index in [2.05, 4.69) is 5.32 Å². The largest absolute Gasteiger partial charge is 0.508 e. The van der Waals surface area contributed by atoms with Crippen LogP contribution in [0, 0.1) is 0 Å². The van der Waals surface area contributed by atoms with E-state index in [9.17, 15) is 4.79 Å². The molecule has 0 saturated carbocycles. The van der Waals surface area contributed by atoms with Gasteiger partial charge in [-0.05, 0) is 45.0 Å². The molecule has 1 aromatic carbocycles. The summed E-state index contributed by atoms with van der Waals surface area (Å²) in [6.07, 6.45) is 0. The molecule has 76 valence electrons. The lowest BCUT2D eigenvalue weighted by Crippen LogP contribution is -2.40. The number of phenols is 1. The minimum absolute atomic E-state index is 0.127. The number of amides is 1. The van der Waals surface area contributed by atoms with E-state index >= 15 is 0 Å². The molecule has 0 fully saturated rings. The second kappa shape index (κ2) is 3.70. The molecule has 2 N–H and O–H groups in total. The standard InChI is InChI=1S/C11H15NO2/c1-11(2,3)12-10(14)8-4-6-9(13)7-5-8/h4-7,13H,1-3H3,(H,12,14). The van der Waals surface area contributed by atoms with Crippen molar-refractivity contribution in [3.05, 3.63) is 29.8 Å². The molecule has 0 radical (unpaired) electrons. The fraction of sp³-hybridized carbons (Fsp3) is 0.364. The van der Waals surface area contributed by atoms with Crippen LogP contribution in [-0.4, -0.2) is 16.6 Å². The summed E-state index contributed by atoms with van der Waals surface area (Å²) in [4.78, 5) is 11.6. The molecule has 0 atom stereocenters. The van der Waals surface area contributed by atoms with Gasteiger partial charge in [0.25, 0.3) is 5.91 Å². The lowest BCUT2D eigenvalue weighted by atomic mass is 10.1. The van der Waals surface area contributed by atoms with E-state index < -0.39 is 0 Å². The van der Waals surface area contributed by atoms with Crippen molar-refractivity contribution >= 4 is 5.91 Å². The zero-order valence-electron chi connectivity index (χ0n) is 8.66. The van der Waals surface area contributed by atoms with E-state index in [4.69, 9.17) is 5.11 Å². The second-order valence-corrected chi connectivity index (χ2v) is 4.25. The third kappa shape index (κ3) is 3.09. The normalized spacial score (nSPS) is 11.1. The number of carbonyl (C=O) groups is 1. The van der Waals surface area contributed by atoms with Crippen LogP contribution >= 0.6 is 0 Å². The summed E-state index contributed by atoms with van der Waals surface area (Å²) in [5.74, 6) is 0.0369. The predicted molar refractivity (Wildman–Crippen MR) is 55.3 cm³/mol. The summed E-state index contributed by atoms with van der Waals surface area (Å²) in [6, 6.07) is 6.18. The van der Waals surface area contributed by atoms with E-state index in [-0.39, 0.29) is 17.2 Å². The van der Waals surface area contributed by atoms with Gasteiger partial charge < -0.3 is 10.4 Å². The van der Waals surface area contributed by atoms with Crippen LogP contribution in [0.4, 0.5) is 0 Å². The highest BCUT2D eigenvalue weighted by Gasteiger charge is 2.14. The number of phenolic OH excluding ortho intramolecular Hbond substituents is 1. The van der Waals surface area contributed by atoms with Crippen molar-refractivity contribution in [3.8, 4) is 5.75 Å². The molecule has 0 heterocycles. The van der Waals surface area contributed by atoms with E-state index in [0.29, 0.717) is 5.56 Å². The van der Waals surface area contributed by atoms with Gasteiger partial charge in [-0.2, -0.15) is 0 Å². The molecule has 0 aliphatic heterocycles. The van der Waals surface area contributed by atoms with Gasteiger partial charge in [0.15, 0.2) is 0 Å². The van der Waals surface area contributed by atoms with Crippen molar-refractivity contribution in [2.75, 3.05) is 0 Å². The Morgan fingerprint density at radius 3 is 2.14 bits per heavy atom. The van der Waals surface area contributed by atoms with Crippen LogP contribution in [0.25, 0.3) is 0 Å². The van der Waals surface area contributed by atoms with Gasteiger partial charge in [-0.3, -0.25) is 4.79 Å². The lowest BCUT2D eigenvalue weighted by molar-refractivity contribution is 0.0919. The fourth-order valence-corrected chi connectivity index (χ4v) is 1.03. The number of benzene rings is 1. The molecule has 0 unspecified atom stereocenters. The maximum atomic E-state index is 11.6. The maximum Gasteiger partial charge on any atom is 0.251 e. The first-order valence-corrected chi connectivity index (χ1v) is 4.50. The summed E-state index contributed by atoms with van der Waals surface area (Å²) in [5, 5.41) is 11.9. The highest BCUT2D eigenvalue weighted by atomic mass is 16.3. The van der Waals surface area contributed by atoms with Crippen molar-refractivity contribution < 1.29 is 9.90 Å². The molecule has 0 aromatic heterocycles. The Morgan fingerprint density at radius 1 is 1.21 bits per heavy atom. The highest BCUT2D eigenvalue weighted by Crippen LogP contribution is 2.10. The third-order valence-electron chi connectivity index (χ3n) is 1.62. The van der Waals surface area contributed by atoms with E-state index in [1.54, 1.807) is 12.1 Å². The Bertz CT molecular complexity index is 322. The topological polar surface area (TPSA) is 49.3 Å². The first kappa shape index (κ1) is 10.6. The molecule has 14 heavy (non-hydrogen) atoms. The first-order valence-electron chi connectivity index (χ1n) is 4.50. The van der Waals surface area contributed by atoms with Crippen molar-refractivity contribution in [1.82, 2.24) is 5.32 Å². The second-order valence-electron chi connectivity index (χ2n) is 4.25. The number of carbonyl (C=O) groups excluding carboxylic acids is 1. The van der Waals surface area contributed by atoms with Crippen LogP contribution in [0.2, 0.25) is 0 Å². The average Bonchev–Trinajstić information content (AvgIpc) is 2.02. The molecular weight excluding hydrogens is 178 g/mol. The Balaban J connectivity index is 2.76. The average molecular weight is 193 g/mol. The van der Waals surface area contributed by atoms with Gasteiger partial charge in [0.2, 0.25) is 0 Å². The molecule has 0 aliphatic rings.